The smallest absolute Gasteiger partial charge is 0.206 e. The van der Waals surface area contributed by atoms with Crippen molar-refractivity contribution in [3.63, 3.8) is 0 Å². The molecule has 0 aromatic carbocycles. The third kappa shape index (κ3) is 9.62. The third-order valence-electron chi connectivity index (χ3n) is 4.03. The van der Waals surface area contributed by atoms with E-state index in [1.54, 1.807) is 13.1 Å². The Morgan fingerprint density at radius 1 is 1.50 bits per heavy atom. The summed E-state index contributed by atoms with van der Waals surface area (Å²) >= 11 is 0. The van der Waals surface area contributed by atoms with Gasteiger partial charge in [0, 0.05) is 46.4 Å². The maximum absolute atomic E-state index is 12.7. The van der Waals surface area contributed by atoms with Gasteiger partial charge in [0.15, 0.2) is 5.60 Å². The maximum Gasteiger partial charge on any atom is 0.206 e. The van der Waals surface area contributed by atoms with Gasteiger partial charge in [0.1, 0.15) is 0 Å². The molecule has 2 heterocycles. The third-order valence-corrected chi connectivity index (χ3v) is 4.03. The van der Waals surface area contributed by atoms with Crippen molar-refractivity contribution in [1.82, 2.24) is 9.97 Å². The number of aliphatic imine (C=N–C) groups is 1. The Kier molecular flexibility index (Phi) is 17.2. The van der Waals surface area contributed by atoms with E-state index >= 15 is 0 Å². The average molecular weight is 752 g/mol. The topological polar surface area (TPSA) is 123 Å². The number of aromatic nitrogens is 2. The summed E-state index contributed by atoms with van der Waals surface area (Å²) in [4.78, 5) is 11.0. The summed E-state index contributed by atoms with van der Waals surface area (Å²) < 4.78 is 18.0. The van der Waals surface area contributed by atoms with Crippen molar-refractivity contribution < 1.29 is 59.9 Å². The fourth-order valence-electron chi connectivity index (χ4n) is 2.20. The van der Waals surface area contributed by atoms with Crippen LogP contribution in [0.1, 0.15) is 45.7 Å². The van der Waals surface area contributed by atoms with Crippen LogP contribution in [0.15, 0.2) is 4.99 Å². The minimum atomic E-state index is -0.875. The molecule has 28 heavy (non-hydrogen) atoms. The standard InChI is InChI=1S/C10H14FN4.C8H12O2.2Ir.H2O/c1-4-6(2)5-13-8-7(3)14-10(11)15-9(8)12;1-3-8(6-9)5-4-7(2)10-8;;;/h5-6H,4H2,1-3H3,(H-,12,14,15);1,7,9H,4-6H2,2H3;;;1H2/q-1;;;;. The zero-order valence-corrected chi connectivity index (χ0v) is 21.2. The quantitative estimate of drug-likeness (QED) is 0.289. The molecule has 1 aromatic heterocycles. The van der Waals surface area contributed by atoms with Crippen LogP contribution in [0, 0.1) is 31.3 Å². The van der Waals surface area contributed by atoms with Crippen LogP contribution in [0.3, 0.4) is 0 Å². The van der Waals surface area contributed by atoms with Crippen molar-refractivity contribution in [2.45, 2.75) is 58.7 Å². The van der Waals surface area contributed by atoms with E-state index < -0.39 is 11.7 Å². The molecule has 1 aromatic rings. The largest absolute Gasteiger partial charge is 0.480 e. The number of rotatable bonds is 4. The molecule has 0 bridgehead atoms. The van der Waals surface area contributed by atoms with Crippen LogP contribution in [0.4, 0.5) is 15.9 Å². The normalized spacial score (nSPS) is 21.2. The van der Waals surface area contributed by atoms with Gasteiger partial charge in [0.25, 0.3) is 0 Å². The van der Waals surface area contributed by atoms with Crippen LogP contribution >= 0.6 is 0 Å². The summed E-state index contributed by atoms with van der Waals surface area (Å²) in [6.45, 7) is 7.59. The molecular weight excluding hydrogens is 724 g/mol. The molecule has 2 rings (SSSR count). The van der Waals surface area contributed by atoms with Crippen LogP contribution in [-0.2, 0) is 44.9 Å². The molecule has 164 valence electrons. The molecule has 3 unspecified atom stereocenters. The molecule has 0 spiro atoms. The number of terminal acetylenes is 1. The molecule has 4 N–H and O–H groups in total. The Balaban J connectivity index is -0.000000427. The van der Waals surface area contributed by atoms with Gasteiger partial charge in [0.2, 0.25) is 6.08 Å². The Bertz CT molecular complexity index is 635. The van der Waals surface area contributed by atoms with Crippen LogP contribution < -0.4 is 0 Å². The number of hydrogen-bond acceptors (Lipinski definition) is 5. The second-order valence-electron chi connectivity index (χ2n) is 6.20. The number of nitrogens with one attached hydrogen (secondary N) is 1. The van der Waals surface area contributed by atoms with E-state index in [2.05, 4.69) is 20.9 Å². The summed E-state index contributed by atoms with van der Waals surface area (Å²) in [6, 6.07) is 0. The van der Waals surface area contributed by atoms with Crippen molar-refractivity contribution in [3.05, 3.63) is 17.5 Å². The number of hydrogen-bond donors (Lipinski definition) is 1. The average Bonchev–Trinajstić information content (AvgIpc) is 2.96. The Labute approximate surface area is 193 Å². The van der Waals surface area contributed by atoms with Gasteiger partial charge < -0.3 is 26.0 Å². The molecule has 1 aliphatic rings. The number of aryl methyl sites for hydroxylation is 1. The van der Waals surface area contributed by atoms with E-state index in [0.29, 0.717) is 17.3 Å². The van der Waals surface area contributed by atoms with Crippen LogP contribution in [0.2, 0.25) is 0 Å². The first-order chi connectivity index (χ1) is 11.8. The summed E-state index contributed by atoms with van der Waals surface area (Å²) in [5.74, 6) is 2.65. The van der Waals surface area contributed by atoms with Crippen LogP contribution in [-0.4, -0.2) is 45.1 Å². The molecule has 0 amide bonds. The second-order valence-corrected chi connectivity index (χ2v) is 6.20. The molecule has 3 atom stereocenters. The summed E-state index contributed by atoms with van der Waals surface area (Å²) in [5, 5.41) is 8.87. The molecule has 2 radical (unpaired) electrons. The molecule has 7 nitrogen and oxygen atoms in total. The Morgan fingerprint density at radius 2 is 2.11 bits per heavy atom. The number of nitrogens with zero attached hydrogens (tertiary/aromatic N) is 3. The van der Waals surface area contributed by atoms with Crippen molar-refractivity contribution in [1.29, 1.82) is 0 Å². The molecule has 1 saturated heterocycles. The first-order valence-corrected chi connectivity index (χ1v) is 8.33. The second kappa shape index (κ2) is 15.1. The van der Waals surface area contributed by atoms with E-state index in [1.165, 1.54) is 0 Å². The minimum absolute atomic E-state index is 0. The zero-order valence-electron chi connectivity index (χ0n) is 16.4. The van der Waals surface area contributed by atoms with Gasteiger partial charge >= 0.3 is 0 Å². The number of aliphatic hydroxyl groups excluding tert-OH is 1. The van der Waals surface area contributed by atoms with Gasteiger partial charge in [-0.15, -0.1) is 6.42 Å². The number of aliphatic hydroxyl groups is 1. The van der Waals surface area contributed by atoms with E-state index in [0.717, 1.165) is 19.3 Å². The van der Waals surface area contributed by atoms with Crippen LogP contribution in [0.25, 0.3) is 5.73 Å². The number of ether oxygens (including phenoxy) is 1. The van der Waals surface area contributed by atoms with E-state index in [9.17, 15) is 4.39 Å². The fraction of sp³-hybridized carbons (Fsp3) is 0.611. The molecule has 1 aliphatic heterocycles. The molecule has 10 heteroatoms. The van der Waals surface area contributed by atoms with Gasteiger partial charge in [-0.1, -0.05) is 19.8 Å². The molecular formula is C18H28FIr2N4O3-. The van der Waals surface area contributed by atoms with Crippen molar-refractivity contribution >= 4 is 17.7 Å². The predicted octanol–water partition coefficient (Wildman–Crippen LogP) is 3.08. The predicted molar refractivity (Wildman–Crippen MR) is 100 cm³/mol. The van der Waals surface area contributed by atoms with Crippen molar-refractivity contribution in [2.24, 2.45) is 10.9 Å². The minimum Gasteiger partial charge on any atom is -0.480 e. The van der Waals surface area contributed by atoms with E-state index in [1.807, 2.05) is 20.8 Å². The zero-order chi connectivity index (χ0) is 19.0. The first-order valence-electron chi connectivity index (χ1n) is 8.33. The monoisotopic (exact) mass is 753 g/mol. The fourth-order valence-corrected chi connectivity index (χ4v) is 2.20. The van der Waals surface area contributed by atoms with E-state index in [4.69, 9.17) is 22.0 Å². The van der Waals surface area contributed by atoms with E-state index in [-0.39, 0.29) is 64.2 Å². The first kappa shape index (κ1) is 31.9. The molecule has 0 aliphatic carbocycles. The van der Waals surface area contributed by atoms with Gasteiger partial charge in [-0.2, -0.15) is 4.39 Å². The van der Waals surface area contributed by atoms with Gasteiger partial charge in [-0.05, 0) is 44.8 Å². The van der Waals surface area contributed by atoms with Gasteiger partial charge in [0.05, 0.1) is 24.1 Å². The Morgan fingerprint density at radius 3 is 2.46 bits per heavy atom. The van der Waals surface area contributed by atoms with Gasteiger partial charge in [-0.25, -0.2) is 4.98 Å². The van der Waals surface area contributed by atoms with Crippen molar-refractivity contribution in [2.75, 3.05) is 6.61 Å². The summed E-state index contributed by atoms with van der Waals surface area (Å²) in [7, 11) is 0. The van der Waals surface area contributed by atoms with Crippen LogP contribution in [0.5, 0.6) is 0 Å². The number of halogens is 1. The molecule has 0 saturated carbocycles. The SMILES string of the molecule is C#CC1(CO)CCC(C)O1.CCC(C)C=Nc1c(C)nc(F)nc1[NH-].O.[Ir].[Ir]. The maximum atomic E-state index is 12.7. The Hall–Kier alpha value is -0.781. The summed E-state index contributed by atoms with van der Waals surface area (Å²) in [6.07, 6.45) is 8.96. The van der Waals surface area contributed by atoms with Crippen molar-refractivity contribution in [3.8, 4) is 12.3 Å². The summed E-state index contributed by atoms with van der Waals surface area (Å²) in [5.41, 5.74) is 7.52. The van der Waals surface area contributed by atoms with Gasteiger partial charge in [-0.3, -0.25) is 4.99 Å². The molecule has 1 fully saturated rings.